The average molecular weight is 248 g/mol. The number of hydrogen-bond donors (Lipinski definition) is 2. The quantitative estimate of drug-likeness (QED) is 0.852. The van der Waals surface area contributed by atoms with E-state index in [1.807, 2.05) is 13.8 Å². The zero-order valence-corrected chi connectivity index (χ0v) is 10.4. The van der Waals surface area contributed by atoms with E-state index in [1.54, 1.807) is 18.2 Å². The molecule has 0 aliphatic carbocycles. The Morgan fingerprint density at radius 3 is 3.06 bits per heavy atom. The minimum absolute atomic E-state index is 0.0105. The molecule has 1 aromatic rings. The zero-order chi connectivity index (χ0) is 13.1. The number of benzene rings is 1. The van der Waals surface area contributed by atoms with Gasteiger partial charge in [0, 0.05) is 11.6 Å². The lowest BCUT2D eigenvalue weighted by Gasteiger charge is -2.19. The van der Waals surface area contributed by atoms with Crippen molar-refractivity contribution in [1.29, 1.82) is 0 Å². The summed E-state index contributed by atoms with van der Waals surface area (Å²) in [4.78, 5) is 23.0. The van der Waals surface area contributed by atoms with Crippen LogP contribution < -0.4 is 15.4 Å². The van der Waals surface area contributed by atoms with E-state index in [4.69, 9.17) is 4.74 Å². The van der Waals surface area contributed by atoms with Gasteiger partial charge in [0.2, 0.25) is 0 Å². The molecule has 0 fully saturated rings. The van der Waals surface area contributed by atoms with Crippen LogP contribution in [0.2, 0.25) is 0 Å². The number of rotatable bonds is 3. The summed E-state index contributed by atoms with van der Waals surface area (Å²) in [6.07, 6.45) is 0.878. The van der Waals surface area contributed by atoms with Gasteiger partial charge in [0.05, 0.1) is 5.69 Å². The van der Waals surface area contributed by atoms with Crippen LogP contribution in [0.4, 0.5) is 5.69 Å². The highest BCUT2D eigenvalue weighted by molar-refractivity contribution is 5.99. The van der Waals surface area contributed by atoms with Crippen molar-refractivity contribution in [3.05, 3.63) is 23.8 Å². The molecule has 0 bridgehead atoms. The molecule has 0 unspecified atom stereocenters. The lowest BCUT2D eigenvalue weighted by atomic mass is 10.1. The summed E-state index contributed by atoms with van der Waals surface area (Å²) in [7, 11) is 0. The molecule has 0 aromatic heterocycles. The summed E-state index contributed by atoms with van der Waals surface area (Å²) in [5, 5.41) is 5.56. The molecule has 0 saturated heterocycles. The van der Waals surface area contributed by atoms with Crippen LogP contribution in [-0.4, -0.2) is 24.5 Å². The molecule has 0 saturated carbocycles. The monoisotopic (exact) mass is 248 g/mol. The molecule has 2 rings (SSSR count). The van der Waals surface area contributed by atoms with Gasteiger partial charge < -0.3 is 15.4 Å². The number of carbonyl (C=O) groups is 2. The number of amides is 2. The number of hydrogen-bond acceptors (Lipinski definition) is 3. The molecule has 2 N–H and O–H groups in total. The normalized spacial score (nSPS) is 15.1. The second-order valence-corrected chi connectivity index (χ2v) is 4.33. The Labute approximate surface area is 106 Å². The Balaban J connectivity index is 2.16. The molecule has 1 aromatic carbocycles. The molecule has 1 aliphatic rings. The van der Waals surface area contributed by atoms with Crippen LogP contribution in [0.1, 0.15) is 30.6 Å². The van der Waals surface area contributed by atoms with Gasteiger partial charge >= 0.3 is 0 Å². The van der Waals surface area contributed by atoms with Gasteiger partial charge in [-0.15, -0.1) is 0 Å². The summed E-state index contributed by atoms with van der Waals surface area (Å²) >= 11 is 0. The SMILES string of the molecule is CC[C@@H](C)NC(=O)c1ccc2c(c1)OCC(=O)N2. The van der Waals surface area contributed by atoms with Crippen LogP contribution in [0.25, 0.3) is 0 Å². The van der Waals surface area contributed by atoms with E-state index in [2.05, 4.69) is 10.6 Å². The van der Waals surface area contributed by atoms with Crippen molar-refractivity contribution in [3.63, 3.8) is 0 Å². The van der Waals surface area contributed by atoms with Gasteiger partial charge in [0.25, 0.3) is 11.8 Å². The molecular formula is C13H16N2O3. The molecule has 18 heavy (non-hydrogen) atoms. The van der Waals surface area contributed by atoms with E-state index in [0.29, 0.717) is 17.0 Å². The summed E-state index contributed by atoms with van der Waals surface area (Å²) in [5.74, 6) is 0.221. The van der Waals surface area contributed by atoms with Crippen molar-refractivity contribution in [2.45, 2.75) is 26.3 Å². The van der Waals surface area contributed by atoms with Crippen molar-refractivity contribution < 1.29 is 14.3 Å². The average Bonchev–Trinajstić information content (AvgIpc) is 2.37. The van der Waals surface area contributed by atoms with Gasteiger partial charge in [-0.25, -0.2) is 0 Å². The van der Waals surface area contributed by atoms with Crippen LogP contribution in [0.5, 0.6) is 5.75 Å². The van der Waals surface area contributed by atoms with Gasteiger partial charge in [0.1, 0.15) is 5.75 Å². The Morgan fingerprint density at radius 1 is 1.56 bits per heavy atom. The van der Waals surface area contributed by atoms with E-state index < -0.39 is 0 Å². The van der Waals surface area contributed by atoms with Crippen molar-refractivity contribution in [2.24, 2.45) is 0 Å². The summed E-state index contributed by atoms with van der Waals surface area (Å²) in [5.41, 5.74) is 1.14. The highest BCUT2D eigenvalue weighted by Crippen LogP contribution is 2.28. The van der Waals surface area contributed by atoms with Crippen molar-refractivity contribution in [3.8, 4) is 5.75 Å². The molecule has 0 spiro atoms. The lowest BCUT2D eigenvalue weighted by Crippen LogP contribution is -2.32. The predicted octanol–water partition coefficient (Wildman–Crippen LogP) is 1.55. The molecule has 0 radical (unpaired) electrons. The van der Waals surface area contributed by atoms with Crippen LogP contribution in [0, 0.1) is 0 Å². The molecule has 5 nitrogen and oxygen atoms in total. The highest BCUT2D eigenvalue weighted by atomic mass is 16.5. The second kappa shape index (κ2) is 5.08. The first-order valence-corrected chi connectivity index (χ1v) is 5.97. The number of fused-ring (bicyclic) bond motifs is 1. The summed E-state index contributed by atoms with van der Waals surface area (Å²) < 4.78 is 5.27. The third kappa shape index (κ3) is 2.61. The summed E-state index contributed by atoms with van der Waals surface area (Å²) in [6, 6.07) is 5.13. The first-order chi connectivity index (χ1) is 8.60. The smallest absolute Gasteiger partial charge is 0.262 e. The van der Waals surface area contributed by atoms with E-state index in [1.165, 1.54) is 0 Å². The van der Waals surface area contributed by atoms with Crippen LogP contribution >= 0.6 is 0 Å². The van der Waals surface area contributed by atoms with Crippen LogP contribution in [0.15, 0.2) is 18.2 Å². The zero-order valence-electron chi connectivity index (χ0n) is 10.4. The molecule has 1 atom stereocenters. The fraction of sp³-hybridized carbons (Fsp3) is 0.385. The maximum atomic E-state index is 11.9. The topological polar surface area (TPSA) is 67.4 Å². The number of carbonyl (C=O) groups excluding carboxylic acids is 2. The Hall–Kier alpha value is -2.04. The molecule has 1 aliphatic heterocycles. The minimum atomic E-state index is -0.181. The predicted molar refractivity (Wildman–Crippen MR) is 67.8 cm³/mol. The Bertz CT molecular complexity index is 485. The van der Waals surface area contributed by atoms with Gasteiger partial charge in [0.15, 0.2) is 6.61 Å². The van der Waals surface area contributed by atoms with E-state index in [-0.39, 0.29) is 24.5 Å². The third-order valence-electron chi connectivity index (χ3n) is 2.87. The second-order valence-electron chi connectivity index (χ2n) is 4.33. The number of ether oxygens (including phenoxy) is 1. The van der Waals surface area contributed by atoms with Gasteiger partial charge in [-0.2, -0.15) is 0 Å². The van der Waals surface area contributed by atoms with Crippen LogP contribution in [0.3, 0.4) is 0 Å². The molecule has 2 amide bonds. The maximum Gasteiger partial charge on any atom is 0.262 e. The fourth-order valence-corrected chi connectivity index (χ4v) is 1.63. The highest BCUT2D eigenvalue weighted by Gasteiger charge is 2.18. The van der Waals surface area contributed by atoms with Crippen LogP contribution in [-0.2, 0) is 4.79 Å². The number of anilines is 1. The molecule has 5 heteroatoms. The van der Waals surface area contributed by atoms with Crippen molar-refractivity contribution in [2.75, 3.05) is 11.9 Å². The fourth-order valence-electron chi connectivity index (χ4n) is 1.63. The minimum Gasteiger partial charge on any atom is -0.482 e. The third-order valence-corrected chi connectivity index (χ3v) is 2.87. The first-order valence-electron chi connectivity index (χ1n) is 5.97. The van der Waals surface area contributed by atoms with Gasteiger partial charge in [-0.3, -0.25) is 9.59 Å². The number of nitrogens with one attached hydrogen (secondary N) is 2. The van der Waals surface area contributed by atoms with E-state index in [0.717, 1.165) is 6.42 Å². The maximum absolute atomic E-state index is 11.9. The Kier molecular flexibility index (Phi) is 3.50. The molecule has 1 heterocycles. The van der Waals surface area contributed by atoms with Crippen molar-refractivity contribution in [1.82, 2.24) is 5.32 Å². The lowest BCUT2D eigenvalue weighted by molar-refractivity contribution is -0.118. The van der Waals surface area contributed by atoms with E-state index in [9.17, 15) is 9.59 Å². The molecular weight excluding hydrogens is 232 g/mol. The summed E-state index contributed by atoms with van der Waals surface area (Å²) in [6.45, 7) is 3.95. The largest absolute Gasteiger partial charge is 0.482 e. The standard InChI is InChI=1S/C13H16N2O3/c1-3-8(2)14-13(17)9-4-5-10-11(6-9)18-7-12(16)15-10/h4-6,8H,3,7H2,1-2H3,(H,14,17)(H,15,16)/t8-/m1/s1. The van der Waals surface area contributed by atoms with Gasteiger partial charge in [-0.1, -0.05) is 6.92 Å². The first kappa shape index (κ1) is 12.4. The van der Waals surface area contributed by atoms with Gasteiger partial charge in [-0.05, 0) is 31.5 Å². The van der Waals surface area contributed by atoms with E-state index >= 15 is 0 Å². The molecule has 96 valence electrons. The van der Waals surface area contributed by atoms with Crippen molar-refractivity contribution >= 4 is 17.5 Å². The Morgan fingerprint density at radius 2 is 2.33 bits per heavy atom.